The molecule has 0 aliphatic heterocycles. The SMILES string of the molecule is CCCn1ncc(OC)c1C(=O)c1cccc(N(C)C)c1. The van der Waals surface area contributed by atoms with Gasteiger partial charge in [0.15, 0.2) is 11.4 Å². The number of rotatable bonds is 6. The van der Waals surface area contributed by atoms with E-state index < -0.39 is 0 Å². The van der Waals surface area contributed by atoms with Gasteiger partial charge in [-0.25, -0.2) is 0 Å². The van der Waals surface area contributed by atoms with Crippen molar-refractivity contribution in [3.8, 4) is 5.75 Å². The van der Waals surface area contributed by atoms with Crippen LogP contribution in [-0.2, 0) is 6.54 Å². The molecule has 5 heteroatoms. The Kier molecular flexibility index (Phi) is 4.62. The van der Waals surface area contributed by atoms with E-state index in [-0.39, 0.29) is 5.78 Å². The molecule has 112 valence electrons. The standard InChI is InChI=1S/C16H21N3O2/c1-5-9-19-15(14(21-4)11-17-19)16(20)12-7-6-8-13(10-12)18(2)3/h6-8,10-11H,5,9H2,1-4H3. The van der Waals surface area contributed by atoms with Crippen LogP contribution in [-0.4, -0.2) is 36.8 Å². The lowest BCUT2D eigenvalue weighted by Crippen LogP contribution is -2.14. The third-order valence-electron chi connectivity index (χ3n) is 3.30. The molecule has 1 aromatic carbocycles. The summed E-state index contributed by atoms with van der Waals surface area (Å²) in [5, 5.41) is 4.24. The van der Waals surface area contributed by atoms with Crippen LogP contribution in [0.3, 0.4) is 0 Å². The van der Waals surface area contributed by atoms with E-state index in [1.54, 1.807) is 18.0 Å². The second kappa shape index (κ2) is 6.43. The zero-order valence-electron chi connectivity index (χ0n) is 13.0. The molecule has 21 heavy (non-hydrogen) atoms. The number of nitrogens with zero attached hydrogens (tertiary/aromatic N) is 3. The van der Waals surface area contributed by atoms with Crippen LogP contribution in [0, 0.1) is 0 Å². The minimum Gasteiger partial charge on any atom is -0.493 e. The van der Waals surface area contributed by atoms with Gasteiger partial charge >= 0.3 is 0 Å². The Bertz CT molecular complexity index is 632. The summed E-state index contributed by atoms with van der Waals surface area (Å²) < 4.78 is 6.99. The Hall–Kier alpha value is -2.30. The molecule has 0 N–H and O–H groups in total. The summed E-state index contributed by atoms with van der Waals surface area (Å²) in [6.45, 7) is 2.74. The van der Waals surface area contributed by atoms with Crippen LogP contribution in [0.5, 0.6) is 5.75 Å². The first-order valence-electron chi connectivity index (χ1n) is 7.00. The van der Waals surface area contributed by atoms with Gasteiger partial charge in [0.25, 0.3) is 0 Å². The van der Waals surface area contributed by atoms with E-state index in [4.69, 9.17) is 4.74 Å². The number of carbonyl (C=O) groups excluding carboxylic acids is 1. The summed E-state index contributed by atoms with van der Waals surface area (Å²) >= 11 is 0. The summed E-state index contributed by atoms with van der Waals surface area (Å²) in [6.07, 6.45) is 2.50. The van der Waals surface area contributed by atoms with Crippen LogP contribution >= 0.6 is 0 Å². The van der Waals surface area contributed by atoms with Crippen LogP contribution in [0.2, 0.25) is 0 Å². The zero-order chi connectivity index (χ0) is 15.4. The minimum atomic E-state index is -0.0681. The molecule has 1 heterocycles. The van der Waals surface area contributed by atoms with E-state index in [2.05, 4.69) is 12.0 Å². The van der Waals surface area contributed by atoms with Crippen molar-refractivity contribution in [1.82, 2.24) is 9.78 Å². The molecule has 0 unspecified atom stereocenters. The first kappa shape index (κ1) is 15.1. The minimum absolute atomic E-state index is 0.0681. The number of methoxy groups -OCH3 is 1. The molecule has 0 atom stereocenters. The Morgan fingerprint density at radius 2 is 2.14 bits per heavy atom. The highest BCUT2D eigenvalue weighted by molar-refractivity contribution is 6.10. The van der Waals surface area contributed by atoms with E-state index >= 15 is 0 Å². The molecule has 0 saturated heterocycles. The van der Waals surface area contributed by atoms with Gasteiger partial charge in [0.2, 0.25) is 5.78 Å². The van der Waals surface area contributed by atoms with E-state index in [9.17, 15) is 4.79 Å². The quantitative estimate of drug-likeness (QED) is 0.766. The van der Waals surface area contributed by atoms with E-state index in [0.29, 0.717) is 23.6 Å². The van der Waals surface area contributed by atoms with Crippen molar-refractivity contribution in [3.63, 3.8) is 0 Å². The predicted molar refractivity (Wildman–Crippen MR) is 83.3 cm³/mol. The van der Waals surface area contributed by atoms with Crippen molar-refractivity contribution in [2.75, 3.05) is 26.1 Å². The monoisotopic (exact) mass is 287 g/mol. The van der Waals surface area contributed by atoms with Crippen molar-refractivity contribution >= 4 is 11.5 Å². The second-order valence-electron chi connectivity index (χ2n) is 5.06. The van der Waals surface area contributed by atoms with Crippen molar-refractivity contribution in [1.29, 1.82) is 0 Å². The number of aryl methyl sites for hydroxylation is 1. The van der Waals surface area contributed by atoms with Gasteiger partial charge in [0, 0.05) is 31.9 Å². The maximum absolute atomic E-state index is 12.8. The van der Waals surface area contributed by atoms with Gasteiger partial charge < -0.3 is 9.64 Å². The largest absolute Gasteiger partial charge is 0.493 e. The van der Waals surface area contributed by atoms with Crippen molar-refractivity contribution in [2.24, 2.45) is 0 Å². The van der Waals surface area contributed by atoms with Gasteiger partial charge in [0.05, 0.1) is 13.3 Å². The lowest BCUT2D eigenvalue weighted by atomic mass is 10.1. The lowest BCUT2D eigenvalue weighted by molar-refractivity contribution is 0.102. The van der Waals surface area contributed by atoms with Crippen LogP contribution in [0.1, 0.15) is 29.4 Å². The van der Waals surface area contributed by atoms with Crippen LogP contribution in [0.4, 0.5) is 5.69 Å². The second-order valence-corrected chi connectivity index (χ2v) is 5.06. The Morgan fingerprint density at radius 1 is 1.38 bits per heavy atom. The number of benzene rings is 1. The van der Waals surface area contributed by atoms with Crippen molar-refractivity contribution in [2.45, 2.75) is 19.9 Å². The summed E-state index contributed by atoms with van der Waals surface area (Å²) in [5.74, 6) is 0.449. The molecule has 0 bridgehead atoms. The number of ether oxygens (including phenoxy) is 1. The van der Waals surface area contributed by atoms with Crippen LogP contribution in [0.25, 0.3) is 0 Å². The fourth-order valence-corrected chi connectivity index (χ4v) is 2.19. The predicted octanol–water partition coefficient (Wildman–Crippen LogP) is 2.60. The molecule has 0 aliphatic rings. The summed E-state index contributed by atoms with van der Waals surface area (Å²) in [7, 11) is 5.46. The van der Waals surface area contributed by atoms with Crippen LogP contribution in [0.15, 0.2) is 30.5 Å². The Balaban J connectivity index is 2.44. The molecule has 0 fully saturated rings. The highest BCUT2D eigenvalue weighted by Crippen LogP contribution is 2.23. The molecular weight excluding hydrogens is 266 g/mol. The topological polar surface area (TPSA) is 47.4 Å². The third-order valence-corrected chi connectivity index (χ3v) is 3.30. The third kappa shape index (κ3) is 3.07. The van der Waals surface area contributed by atoms with E-state index in [0.717, 1.165) is 12.1 Å². The molecule has 0 saturated carbocycles. The molecule has 1 aromatic heterocycles. The molecule has 0 aliphatic carbocycles. The number of hydrogen-bond acceptors (Lipinski definition) is 4. The first-order valence-corrected chi connectivity index (χ1v) is 7.00. The van der Waals surface area contributed by atoms with Crippen molar-refractivity contribution in [3.05, 3.63) is 41.7 Å². The average molecular weight is 287 g/mol. The summed E-state index contributed by atoms with van der Waals surface area (Å²) in [4.78, 5) is 14.8. The number of carbonyl (C=O) groups is 1. The first-order chi connectivity index (χ1) is 10.1. The number of anilines is 1. The van der Waals surface area contributed by atoms with Gasteiger partial charge in [-0.2, -0.15) is 5.10 Å². The molecule has 0 amide bonds. The van der Waals surface area contributed by atoms with E-state index in [1.807, 2.05) is 43.3 Å². The fourth-order valence-electron chi connectivity index (χ4n) is 2.19. The average Bonchev–Trinajstić information content (AvgIpc) is 2.89. The normalized spacial score (nSPS) is 10.5. The van der Waals surface area contributed by atoms with Gasteiger partial charge in [-0.15, -0.1) is 0 Å². The highest BCUT2D eigenvalue weighted by Gasteiger charge is 2.21. The van der Waals surface area contributed by atoms with Gasteiger partial charge in [0.1, 0.15) is 0 Å². The molecule has 2 rings (SSSR count). The molecule has 0 spiro atoms. The van der Waals surface area contributed by atoms with Gasteiger partial charge in [-0.05, 0) is 18.6 Å². The van der Waals surface area contributed by atoms with E-state index in [1.165, 1.54) is 0 Å². The lowest BCUT2D eigenvalue weighted by Gasteiger charge is -2.13. The highest BCUT2D eigenvalue weighted by atomic mass is 16.5. The van der Waals surface area contributed by atoms with Gasteiger partial charge in [-0.3, -0.25) is 9.48 Å². The Labute approximate surface area is 125 Å². The Morgan fingerprint density at radius 3 is 2.76 bits per heavy atom. The molecule has 5 nitrogen and oxygen atoms in total. The molecular formula is C16H21N3O2. The summed E-state index contributed by atoms with van der Waals surface area (Å²) in [6, 6.07) is 7.55. The number of aromatic nitrogens is 2. The fraction of sp³-hybridized carbons (Fsp3) is 0.375. The number of ketones is 1. The zero-order valence-corrected chi connectivity index (χ0v) is 13.0. The molecule has 0 radical (unpaired) electrons. The van der Waals surface area contributed by atoms with Crippen molar-refractivity contribution < 1.29 is 9.53 Å². The maximum atomic E-state index is 12.8. The maximum Gasteiger partial charge on any atom is 0.214 e. The van der Waals surface area contributed by atoms with Crippen LogP contribution < -0.4 is 9.64 Å². The molecule has 2 aromatic rings. The summed E-state index contributed by atoms with van der Waals surface area (Å²) in [5.41, 5.74) is 2.13. The number of hydrogen-bond donors (Lipinski definition) is 0. The van der Waals surface area contributed by atoms with Gasteiger partial charge in [-0.1, -0.05) is 19.1 Å². The smallest absolute Gasteiger partial charge is 0.214 e.